The Kier molecular flexibility index (Phi) is 4.85. The maximum Gasteiger partial charge on any atom is 0.0965 e. The van der Waals surface area contributed by atoms with Gasteiger partial charge in [0.25, 0.3) is 0 Å². The molecule has 1 atom stereocenters. The first-order valence-electron chi connectivity index (χ1n) is 7.84. The molecule has 0 radical (unpaired) electrons. The monoisotopic (exact) mass is 272 g/mol. The molecule has 2 rings (SSSR count). The van der Waals surface area contributed by atoms with Crippen molar-refractivity contribution in [1.82, 2.24) is 5.32 Å². The Morgan fingerprint density at radius 3 is 2.40 bits per heavy atom. The summed E-state index contributed by atoms with van der Waals surface area (Å²) in [5.74, 6) is 1.20. The first kappa shape index (κ1) is 15.1. The molecular weight excluding hydrogens is 244 g/mol. The molecule has 0 amide bonds. The SMILES string of the molecule is CC(Cc1ccc(C(C)(C)C)cc1)NC1=NCCCC1. The molecule has 0 saturated carbocycles. The number of benzene rings is 1. The van der Waals surface area contributed by atoms with E-state index in [4.69, 9.17) is 0 Å². The van der Waals surface area contributed by atoms with Crippen LogP contribution >= 0.6 is 0 Å². The summed E-state index contributed by atoms with van der Waals surface area (Å²) < 4.78 is 0. The van der Waals surface area contributed by atoms with Crippen LogP contribution in [0.15, 0.2) is 29.3 Å². The van der Waals surface area contributed by atoms with Crippen LogP contribution in [0, 0.1) is 0 Å². The standard InChI is InChI=1S/C18H28N2/c1-14(20-17-7-5-6-12-19-17)13-15-8-10-16(11-9-15)18(2,3)4/h8-11,14H,5-7,12-13H2,1-4H3,(H,19,20). The van der Waals surface area contributed by atoms with Gasteiger partial charge in [0.15, 0.2) is 0 Å². The Labute approximate surface area is 123 Å². The van der Waals surface area contributed by atoms with Gasteiger partial charge in [0.1, 0.15) is 0 Å². The van der Waals surface area contributed by atoms with Gasteiger partial charge in [0, 0.05) is 19.0 Å². The van der Waals surface area contributed by atoms with E-state index in [2.05, 4.69) is 62.3 Å². The fourth-order valence-electron chi connectivity index (χ4n) is 2.64. The van der Waals surface area contributed by atoms with Crippen LogP contribution in [0.3, 0.4) is 0 Å². The molecule has 1 N–H and O–H groups in total. The molecule has 0 aliphatic carbocycles. The second-order valence-electron chi connectivity index (χ2n) is 6.98. The minimum absolute atomic E-state index is 0.235. The van der Waals surface area contributed by atoms with Crippen LogP contribution in [0.25, 0.3) is 0 Å². The van der Waals surface area contributed by atoms with Crippen molar-refractivity contribution < 1.29 is 0 Å². The van der Waals surface area contributed by atoms with Crippen LogP contribution in [-0.2, 0) is 11.8 Å². The van der Waals surface area contributed by atoms with Crippen molar-refractivity contribution >= 4 is 5.84 Å². The van der Waals surface area contributed by atoms with Crippen molar-refractivity contribution in [3.8, 4) is 0 Å². The molecule has 1 aromatic carbocycles. The highest BCUT2D eigenvalue weighted by Gasteiger charge is 2.14. The fourth-order valence-corrected chi connectivity index (χ4v) is 2.64. The number of nitrogens with zero attached hydrogens (tertiary/aromatic N) is 1. The second kappa shape index (κ2) is 6.43. The first-order chi connectivity index (χ1) is 9.45. The van der Waals surface area contributed by atoms with E-state index in [-0.39, 0.29) is 5.41 Å². The number of nitrogens with one attached hydrogen (secondary N) is 1. The van der Waals surface area contributed by atoms with E-state index in [9.17, 15) is 0 Å². The van der Waals surface area contributed by atoms with Crippen LogP contribution in [-0.4, -0.2) is 18.4 Å². The summed E-state index contributed by atoms with van der Waals surface area (Å²) in [4.78, 5) is 4.56. The predicted molar refractivity (Wildman–Crippen MR) is 87.6 cm³/mol. The lowest BCUT2D eigenvalue weighted by Gasteiger charge is -2.21. The average molecular weight is 272 g/mol. The Morgan fingerprint density at radius 1 is 1.15 bits per heavy atom. The van der Waals surface area contributed by atoms with Crippen LogP contribution < -0.4 is 5.32 Å². The number of hydrogen-bond donors (Lipinski definition) is 1. The second-order valence-corrected chi connectivity index (χ2v) is 6.98. The van der Waals surface area contributed by atoms with Crippen LogP contribution in [0.5, 0.6) is 0 Å². The highest BCUT2D eigenvalue weighted by Crippen LogP contribution is 2.22. The molecule has 0 spiro atoms. The molecule has 1 aliphatic heterocycles. The van der Waals surface area contributed by atoms with E-state index >= 15 is 0 Å². The summed E-state index contributed by atoms with van der Waals surface area (Å²) in [5, 5.41) is 3.56. The largest absolute Gasteiger partial charge is 0.371 e. The summed E-state index contributed by atoms with van der Waals surface area (Å²) in [6.45, 7) is 10.0. The normalized spacial score (nSPS) is 17.5. The van der Waals surface area contributed by atoms with Gasteiger partial charge in [-0.2, -0.15) is 0 Å². The quantitative estimate of drug-likeness (QED) is 0.880. The molecule has 2 heteroatoms. The lowest BCUT2D eigenvalue weighted by atomic mass is 9.86. The lowest BCUT2D eigenvalue weighted by Crippen LogP contribution is -2.35. The van der Waals surface area contributed by atoms with Gasteiger partial charge in [0.05, 0.1) is 5.84 Å². The van der Waals surface area contributed by atoms with E-state index in [0.717, 1.165) is 19.4 Å². The highest BCUT2D eigenvalue weighted by atomic mass is 15.0. The number of aliphatic imine (C=N–C) groups is 1. The molecule has 110 valence electrons. The third kappa shape index (κ3) is 4.36. The first-order valence-corrected chi connectivity index (χ1v) is 7.84. The van der Waals surface area contributed by atoms with Gasteiger partial charge in [0.2, 0.25) is 0 Å². The van der Waals surface area contributed by atoms with E-state index in [0.29, 0.717) is 6.04 Å². The lowest BCUT2D eigenvalue weighted by molar-refractivity contribution is 0.589. The zero-order chi connectivity index (χ0) is 14.6. The maximum absolute atomic E-state index is 4.56. The predicted octanol–water partition coefficient (Wildman–Crippen LogP) is 4.09. The summed E-state index contributed by atoms with van der Waals surface area (Å²) in [6, 6.07) is 9.51. The molecule has 0 bridgehead atoms. The molecule has 0 saturated heterocycles. The Hall–Kier alpha value is -1.31. The van der Waals surface area contributed by atoms with Crippen molar-refractivity contribution in [3.63, 3.8) is 0 Å². The van der Waals surface area contributed by atoms with Crippen LogP contribution in [0.2, 0.25) is 0 Å². The molecule has 1 aliphatic rings. The molecule has 20 heavy (non-hydrogen) atoms. The Bertz CT molecular complexity index is 451. The van der Waals surface area contributed by atoms with Gasteiger partial charge < -0.3 is 5.32 Å². The van der Waals surface area contributed by atoms with Gasteiger partial charge in [-0.05, 0) is 42.7 Å². The topological polar surface area (TPSA) is 24.4 Å². The van der Waals surface area contributed by atoms with Crippen molar-refractivity contribution in [1.29, 1.82) is 0 Å². The zero-order valence-corrected chi connectivity index (χ0v) is 13.4. The summed E-state index contributed by atoms with van der Waals surface area (Å²) in [6.07, 6.45) is 4.70. The van der Waals surface area contributed by atoms with Crippen molar-refractivity contribution in [2.45, 2.75) is 64.8 Å². The molecule has 0 aromatic heterocycles. The minimum Gasteiger partial charge on any atom is -0.371 e. The van der Waals surface area contributed by atoms with Gasteiger partial charge in [-0.15, -0.1) is 0 Å². The van der Waals surface area contributed by atoms with E-state index in [1.54, 1.807) is 0 Å². The van der Waals surface area contributed by atoms with E-state index in [1.807, 2.05) is 0 Å². The summed E-state index contributed by atoms with van der Waals surface area (Å²) in [7, 11) is 0. The molecule has 1 heterocycles. The van der Waals surface area contributed by atoms with Gasteiger partial charge in [-0.25, -0.2) is 0 Å². The molecule has 0 fully saturated rings. The van der Waals surface area contributed by atoms with Crippen LogP contribution in [0.1, 0.15) is 58.1 Å². The van der Waals surface area contributed by atoms with Gasteiger partial charge in [-0.1, -0.05) is 45.0 Å². The number of rotatable bonds is 3. The third-order valence-electron chi connectivity index (χ3n) is 3.90. The maximum atomic E-state index is 4.56. The third-order valence-corrected chi connectivity index (χ3v) is 3.90. The van der Waals surface area contributed by atoms with Crippen LogP contribution in [0.4, 0.5) is 0 Å². The highest BCUT2D eigenvalue weighted by molar-refractivity contribution is 5.82. The molecule has 1 aromatic rings. The average Bonchev–Trinajstić information content (AvgIpc) is 2.39. The summed E-state index contributed by atoms with van der Waals surface area (Å²) in [5.41, 5.74) is 3.03. The van der Waals surface area contributed by atoms with Crippen molar-refractivity contribution in [2.24, 2.45) is 4.99 Å². The van der Waals surface area contributed by atoms with Crippen molar-refractivity contribution in [3.05, 3.63) is 35.4 Å². The van der Waals surface area contributed by atoms with Crippen molar-refractivity contribution in [2.75, 3.05) is 6.54 Å². The molecule has 1 unspecified atom stereocenters. The number of amidine groups is 1. The van der Waals surface area contributed by atoms with Gasteiger partial charge >= 0.3 is 0 Å². The zero-order valence-electron chi connectivity index (χ0n) is 13.4. The fraction of sp³-hybridized carbons (Fsp3) is 0.611. The van der Waals surface area contributed by atoms with E-state index in [1.165, 1.54) is 29.8 Å². The number of hydrogen-bond acceptors (Lipinski definition) is 2. The van der Waals surface area contributed by atoms with Gasteiger partial charge in [-0.3, -0.25) is 4.99 Å². The Balaban J connectivity index is 1.91. The smallest absolute Gasteiger partial charge is 0.0965 e. The Morgan fingerprint density at radius 2 is 1.85 bits per heavy atom. The summed E-state index contributed by atoms with van der Waals surface area (Å²) >= 11 is 0. The minimum atomic E-state index is 0.235. The molecular formula is C18H28N2. The molecule has 2 nitrogen and oxygen atoms in total. The van der Waals surface area contributed by atoms with E-state index < -0.39 is 0 Å².